The first kappa shape index (κ1) is 18.3. The predicted octanol–water partition coefficient (Wildman–Crippen LogP) is 2.91. The summed E-state index contributed by atoms with van der Waals surface area (Å²) in [7, 11) is 0. The number of piperidine rings is 1. The number of carbonyl (C=O) groups is 1. The van der Waals surface area contributed by atoms with E-state index < -0.39 is 5.82 Å². The summed E-state index contributed by atoms with van der Waals surface area (Å²) in [6.07, 6.45) is 2.94. The fourth-order valence-corrected chi connectivity index (χ4v) is 3.32. The summed E-state index contributed by atoms with van der Waals surface area (Å²) >= 11 is 5.84. The standard InChI is InChI=1S/C18H17ClFN7O/c19-17-21-8-5-14(22-17)27-9-6-11(7-10-27)16(28)24-18-23-15(25-26-18)12-3-1-2-4-13(12)20/h1-5,8,11H,6-7,9-10H2,(H2,23,24,25,26,28). The fourth-order valence-electron chi connectivity index (χ4n) is 3.18. The minimum atomic E-state index is -0.409. The lowest BCUT2D eigenvalue weighted by Gasteiger charge is -2.31. The molecule has 2 N–H and O–H groups in total. The third kappa shape index (κ3) is 3.94. The average molecular weight is 402 g/mol. The Labute approximate surface area is 165 Å². The van der Waals surface area contributed by atoms with Gasteiger partial charge in [-0.2, -0.15) is 4.98 Å². The monoisotopic (exact) mass is 401 g/mol. The second-order valence-corrected chi connectivity index (χ2v) is 6.76. The molecule has 1 saturated heterocycles. The average Bonchev–Trinajstić information content (AvgIpc) is 3.16. The molecule has 1 aliphatic rings. The van der Waals surface area contributed by atoms with Gasteiger partial charge in [0.15, 0.2) is 5.82 Å². The molecule has 0 atom stereocenters. The normalized spacial score (nSPS) is 14.9. The second-order valence-electron chi connectivity index (χ2n) is 6.42. The van der Waals surface area contributed by atoms with E-state index in [9.17, 15) is 9.18 Å². The van der Waals surface area contributed by atoms with Crippen LogP contribution in [0.1, 0.15) is 12.8 Å². The summed E-state index contributed by atoms with van der Waals surface area (Å²) in [5.74, 6) is 0.427. The SMILES string of the molecule is O=C(Nc1n[nH]c(-c2ccccc2F)n1)C1CCN(c2ccnc(Cl)n2)CC1. The topological polar surface area (TPSA) is 99.7 Å². The van der Waals surface area contributed by atoms with Crippen molar-refractivity contribution in [2.24, 2.45) is 5.92 Å². The van der Waals surface area contributed by atoms with E-state index in [0.29, 0.717) is 31.5 Å². The Kier molecular flexibility index (Phi) is 5.16. The van der Waals surface area contributed by atoms with Crippen molar-refractivity contribution in [2.45, 2.75) is 12.8 Å². The third-order valence-electron chi connectivity index (χ3n) is 4.65. The molecule has 1 fully saturated rings. The van der Waals surface area contributed by atoms with Gasteiger partial charge in [0, 0.05) is 25.2 Å². The first-order valence-electron chi connectivity index (χ1n) is 8.82. The predicted molar refractivity (Wildman–Crippen MR) is 102 cm³/mol. The molecule has 8 nitrogen and oxygen atoms in total. The molecule has 1 aliphatic heterocycles. The molecular formula is C18H17ClFN7O. The highest BCUT2D eigenvalue weighted by atomic mass is 35.5. The summed E-state index contributed by atoms with van der Waals surface area (Å²) in [5.41, 5.74) is 0.298. The van der Waals surface area contributed by atoms with Gasteiger partial charge in [-0.05, 0) is 42.6 Å². The molecule has 144 valence electrons. The molecule has 0 bridgehead atoms. The number of amides is 1. The van der Waals surface area contributed by atoms with Gasteiger partial charge in [0.05, 0.1) is 5.56 Å². The maximum absolute atomic E-state index is 13.8. The number of nitrogens with zero attached hydrogens (tertiary/aromatic N) is 5. The Morgan fingerprint density at radius 2 is 2.00 bits per heavy atom. The van der Waals surface area contributed by atoms with Crippen molar-refractivity contribution < 1.29 is 9.18 Å². The number of H-pyrrole nitrogens is 1. The van der Waals surface area contributed by atoms with Gasteiger partial charge in [0.1, 0.15) is 11.6 Å². The lowest BCUT2D eigenvalue weighted by molar-refractivity contribution is -0.120. The van der Waals surface area contributed by atoms with Crippen LogP contribution in [0.4, 0.5) is 16.2 Å². The van der Waals surface area contributed by atoms with Crippen LogP contribution in [0.25, 0.3) is 11.4 Å². The van der Waals surface area contributed by atoms with Crippen molar-refractivity contribution in [3.8, 4) is 11.4 Å². The van der Waals surface area contributed by atoms with E-state index in [1.165, 1.54) is 6.07 Å². The maximum Gasteiger partial charge on any atom is 0.249 e. The molecule has 2 aromatic heterocycles. The smallest absolute Gasteiger partial charge is 0.249 e. The van der Waals surface area contributed by atoms with E-state index in [0.717, 1.165) is 5.82 Å². The van der Waals surface area contributed by atoms with Crippen molar-refractivity contribution in [2.75, 3.05) is 23.3 Å². The summed E-state index contributed by atoms with van der Waals surface area (Å²) < 4.78 is 13.8. The van der Waals surface area contributed by atoms with Crippen LogP contribution in [0.3, 0.4) is 0 Å². The molecule has 10 heteroatoms. The van der Waals surface area contributed by atoms with Gasteiger partial charge < -0.3 is 4.90 Å². The number of carbonyl (C=O) groups excluding carboxylic acids is 1. The second kappa shape index (κ2) is 7.89. The van der Waals surface area contributed by atoms with Gasteiger partial charge in [-0.15, -0.1) is 5.10 Å². The van der Waals surface area contributed by atoms with E-state index in [1.54, 1.807) is 30.5 Å². The van der Waals surface area contributed by atoms with Crippen LogP contribution >= 0.6 is 11.6 Å². The Hall–Kier alpha value is -3.07. The number of nitrogens with one attached hydrogen (secondary N) is 2. The molecule has 0 aliphatic carbocycles. The number of benzene rings is 1. The maximum atomic E-state index is 13.8. The van der Waals surface area contributed by atoms with E-state index in [-0.39, 0.29) is 28.9 Å². The number of hydrogen-bond donors (Lipinski definition) is 2. The summed E-state index contributed by atoms with van der Waals surface area (Å²) in [4.78, 5) is 26.8. The molecule has 1 aromatic carbocycles. The fraction of sp³-hybridized carbons (Fsp3) is 0.278. The Balaban J connectivity index is 1.36. The highest BCUT2D eigenvalue weighted by Crippen LogP contribution is 2.24. The van der Waals surface area contributed by atoms with E-state index in [4.69, 9.17) is 11.6 Å². The van der Waals surface area contributed by atoms with Gasteiger partial charge in [-0.25, -0.2) is 14.4 Å². The zero-order valence-corrected chi connectivity index (χ0v) is 15.5. The Morgan fingerprint density at radius 1 is 1.21 bits per heavy atom. The molecule has 0 unspecified atom stereocenters. The number of anilines is 2. The number of halogens is 2. The van der Waals surface area contributed by atoms with Crippen molar-refractivity contribution in [3.05, 3.63) is 47.6 Å². The minimum absolute atomic E-state index is 0.133. The van der Waals surface area contributed by atoms with Gasteiger partial charge in [0.2, 0.25) is 17.1 Å². The van der Waals surface area contributed by atoms with Crippen LogP contribution in [0.2, 0.25) is 5.28 Å². The van der Waals surface area contributed by atoms with Crippen LogP contribution in [0.5, 0.6) is 0 Å². The van der Waals surface area contributed by atoms with Crippen molar-refractivity contribution >= 4 is 29.3 Å². The summed E-state index contributed by atoms with van der Waals surface area (Å²) in [6, 6.07) is 8.03. The van der Waals surface area contributed by atoms with Crippen molar-refractivity contribution in [1.82, 2.24) is 25.1 Å². The molecule has 3 heterocycles. The molecule has 0 radical (unpaired) electrons. The van der Waals surface area contributed by atoms with Gasteiger partial charge in [0.25, 0.3) is 0 Å². The van der Waals surface area contributed by atoms with E-state index in [1.807, 2.05) is 0 Å². The largest absolute Gasteiger partial charge is 0.356 e. The molecule has 28 heavy (non-hydrogen) atoms. The van der Waals surface area contributed by atoms with Gasteiger partial charge in [-0.3, -0.25) is 15.2 Å². The number of hydrogen-bond acceptors (Lipinski definition) is 6. The lowest BCUT2D eigenvalue weighted by Crippen LogP contribution is -2.38. The van der Waals surface area contributed by atoms with Crippen LogP contribution in [0.15, 0.2) is 36.5 Å². The summed E-state index contributed by atoms with van der Waals surface area (Å²) in [6.45, 7) is 1.36. The van der Waals surface area contributed by atoms with E-state index >= 15 is 0 Å². The number of aromatic amines is 1. The summed E-state index contributed by atoms with van der Waals surface area (Å²) in [5, 5.41) is 9.52. The van der Waals surface area contributed by atoms with Crippen LogP contribution in [0, 0.1) is 11.7 Å². The zero-order chi connectivity index (χ0) is 19.5. The molecular weight excluding hydrogens is 385 g/mol. The third-order valence-corrected chi connectivity index (χ3v) is 4.83. The Bertz CT molecular complexity index is 987. The zero-order valence-electron chi connectivity index (χ0n) is 14.8. The van der Waals surface area contributed by atoms with E-state index in [2.05, 4.69) is 35.4 Å². The van der Waals surface area contributed by atoms with Crippen LogP contribution in [-0.4, -0.2) is 44.1 Å². The van der Waals surface area contributed by atoms with Crippen molar-refractivity contribution in [1.29, 1.82) is 0 Å². The molecule has 3 aromatic rings. The van der Waals surface area contributed by atoms with Crippen LogP contribution < -0.4 is 10.2 Å². The molecule has 4 rings (SSSR count). The lowest BCUT2D eigenvalue weighted by atomic mass is 9.96. The van der Waals surface area contributed by atoms with Gasteiger partial charge >= 0.3 is 0 Å². The minimum Gasteiger partial charge on any atom is -0.356 e. The first-order chi connectivity index (χ1) is 13.6. The highest BCUT2D eigenvalue weighted by molar-refractivity contribution is 6.28. The van der Waals surface area contributed by atoms with Gasteiger partial charge in [-0.1, -0.05) is 12.1 Å². The number of aromatic nitrogens is 5. The molecule has 0 spiro atoms. The highest BCUT2D eigenvalue weighted by Gasteiger charge is 2.26. The van der Waals surface area contributed by atoms with Crippen LogP contribution in [-0.2, 0) is 4.79 Å². The molecule has 0 saturated carbocycles. The quantitative estimate of drug-likeness (QED) is 0.652. The first-order valence-corrected chi connectivity index (χ1v) is 9.19. The number of rotatable bonds is 4. The Morgan fingerprint density at radius 3 is 2.75 bits per heavy atom. The molecule has 1 amide bonds. The van der Waals surface area contributed by atoms with Crippen molar-refractivity contribution in [3.63, 3.8) is 0 Å².